The SMILES string of the molecule is CC(C)(C)C(=NC(=O)c1ccccc1)c1ccccc1. The summed E-state index contributed by atoms with van der Waals surface area (Å²) in [7, 11) is 0. The number of hydrogen-bond acceptors (Lipinski definition) is 1. The van der Waals surface area contributed by atoms with Crippen LogP contribution in [-0.2, 0) is 0 Å². The van der Waals surface area contributed by atoms with E-state index in [-0.39, 0.29) is 11.3 Å². The van der Waals surface area contributed by atoms with Gasteiger partial charge in [0.1, 0.15) is 0 Å². The van der Waals surface area contributed by atoms with Crippen molar-refractivity contribution in [2.45, 2.75) is 20.8 Å². The van der Waals surface area contributed by atoms with Crippen molar-refractivity contribution < 1.29 is 4.79 Å². The van der Waals surface area contributed by atoms with Crippen LogP contribution >= 0.6 is 0 Å². The van der Waals surface area contributed by atoms with Gasteiger partial charge in [0, 0.05) is 11.0 Å². The van der Waals surface area contributed by atoms with Crippen LogP contribution in [0.4, 0.5) is 0 Å². The monoisotopic (exact) mass is 265 g/mol. The molecule has 0 bridgehead atoms. The van der Waals surface area contributed by atoms with Gasteiger partial charge in [0.25, 0.3) is 5.91 Å². The molecule has 2 aromatic rings. The summed E-state index contributed by atoms with van der Waals surface area (Å²) >= 11 is 0. The lowest BCUT2D eigenvalue weighted by Gasteiger charge is -2.21. The number of amides is 1. The number of benzene rings is 2. The Balaban J connectivity index is 2.43. The van der Waals surface area contributed by atoms with Crippen LogP contribution in [0.1, 0.15) is 36.7 Å². The standard InChI is InChI=1S/C18H19NO/c1-18(2,3)16(14-10-6-4-7-11-14)19-17(20)15-12-8-5-9-13-15/h4-13H,1-3H3. The van der Waals surface area contributed by atoms with Crippen LogP contribution in [0, 0.1) is 5.41 Å². The van der Waals surface area contributed by atoms with E-state index >= 15 is 0 Å². The van der Waals surface area contributed by atoms with Gasteiger partial charge in [-0.15, -0.1) is 0 Å². The lowest BCUT2D eigenvalue weighted by Crippen LogP contribution is -2.23. The van der Waals surface area contributed by atoms with Gasteiger partial charge in [-0.25, -0.2) is 4.99 Å². The number of rotatable bonds is 2. The van der Waals surface area contributed by atoms with Crippen molar-refractivity contribution in [1.82, 2.24) is 0 Å². The van der Waals surface area contributed by atoms with Crippen LogP contribution in [0.15, 0.2) is 65.7 Å². The predicted molar refractivity (Wildman–Crippen MR) is 83.2 cm³/mol. The van der Waals surface area contributed by atoms with Gasteiger partial charge in [-0.2, -0.15) is 0 Å². The third-order valence-electron chi connectivity index (χ3n) is 2.99. The van der Waals surface area contributed by atoms with Gasteiger partial charge in [0.2, 0.25) is 0 Å². The van der Waals surface area contributed by atoms with E-state index in [1.54, 1.807) is 12.1 Å². The summed E-state index contributed by atoms with van der Waals surface area (Å²) in [5.74, 6) is -0.195. The van der Waals surface area contributed by atoms with Crippen LogP contribution in [0.25, 0.3) is 0 Å². The van der Waals surface area contributed by atoms with E-state index in [4.69, 9.17) is 0 Å². The summed E-state index contributed by atoms with van der Waals surface area (Å²) in [6.45, 7) is 6.20. The maximum absolute atomic E-state index is 12.3. The molecule has 0 atom stereocenters. The van der Waals surface area contributed by atoms with Crippen molar-refractivity contribution in [2.24, 2.45) is 10.4 Å². The predicted octanol–water partition coefficient (Wildman–Crippen LogP) is 4.36. The number of nitrogens with zero attached hydrogens (tertiary/aromatic N) is 1. The summed E-state index contributed by atoms with van der Waals surface area (Å²) in [5.41, 5.74) is 2.23. The van der Waals surface area contributed by atoms with E-state index in [1.165, 1.54) is 0 Å². The maximum atomic E-state index is 12.3. The lowest BCUT2D eigenvalue weighted by atomic mass is 9.85. The van der Waals surface area contributed by atoms with Crippen molar-refractivity contribution in [3.63, 3.8) is 0 Å². The van der Waals surface area contributed by atoms with Gasteiger partial charge in [-0.05, 0) is 17.7 Å². The van der Waals surface area contributed by atoms with Crippen LogP contribution in [-0.4, -0.2) is 11.6 Å². The van der Waals surface area contributed by atoms with Crippen molar-refractivity contribution in [3.05, 3.63) is 71.8 Å². The molecule has 1 amide bonds. The third-order valence-corrected chi connectivity index (χ3v) is 2.99. The largest absolute Gasteiger partial charge is 0.277 e. The minimum Gasteiger partial charge on any atom is -0.267 e. The summed E-state index contributed by atoms with van der Waals surface area (Å²) in [4.78, 5) is 16.7. The Kier molecular flexibility index (Phi) is 4.14. The van der Waals surface area contributed by atoms with Gasteiger partial charge in [-0.3, -0.25) is 4.79 Å². The molecule has 2 rings (SSSR count). The van der Waals surface area contributed by atoms with E-state index in [0.29, 0.717) is 5.56 Å². The molecule has 2 aromatic carbocycles. The van der Waals surface area contributed by atoms with E-state index in [1.807, 2.05) is 48.5 Å². The first-order valence-corrected chi connectivity index (χ1v) is 6.72. The zero-order valence-electron chi connectivity index (χ0n) is 12.1. The highest BCUT2D eigenvalue weighted by Gasteiger charge is 2.22. The zero-order chi connectivity index (χ0) is 14.6. The highest BCUT2D eigenvalue weighted by molar-refractivity contribution is 6.12. The Labute approximate surface area is 120 Å². The highest BCUT2D eigenvalue weighted by atomic mass is 16.1. The number of hydrogen-bond donors (Lipinski definition) is 0. The van der Waals surface area contributed by atoms with Crippen molar-refractivity contribution in [2.75, 3.05) is 0 Å². The lowest BCUT2D eigenvalue weighted by molar-refractivity contribution is 0.100. The van der Waals surface area contributed by atoms with Crippen molar-refractivity contribution in [1.29, 1.82) is 0 Å². The fraction of sp³-hybridized carbons (Fsp3) is 0.222. The van der Waals surface area contributed by atoms with Gasteiger partial charge in [-0.1, -0.05) is 69.3 Å². The van der Waals surface area contributed by atoms with E-state index in [9.17, 15) is 4.79 Å². The molecule has 102 valence electrons. The second-order valence-electron chi connectivity index (χ2n) is 5.75. The van der Waals surface area contributed by atoms with E-state index < -0.39 is 0 Å². The molecule has 0 saturated carbocycles. The average molecular weight is 265 g/mol. The summed E-state index contributed by atoms with van der Waals surface area (Å²) in [5, 5.41) is 0. The van der Waals surface area contributed by atoms with Crippen LogP contribution in [0.3, 0.4) is 0 Å². The molecule has 0 unspecified atom stereocenters. The molecule has 0 saturated heterocycles. The quantitative estimate of drug-likeness (QED) is 0.742. The molecule has 0 fully saturated rings. The Bertz CT molecular complexity index is 607. The molecule has 20 heavy (non-hydrogen) atoms. The molecule has 0 aliphatic heterocycles. The Morgan fingerprint density at radius 1 is 0.800 bits per heavy atom. The Morgan fingerprint density at radius 2 is 1.25 bits per heavy atom. The van der Waals surface area contributed by atoms with E-state index in [0.717, 1.165) is 11.3 Å². The van der Waals surface area contributed by atoms with Gasteiger partial charge >= 0.3 is 0 Å². The number of carbonyl (C=O) groups is 1. The van der Waals surface area contributed by atoms with Crippen molar-refractivity contribution in [3.8, 4) is 0 Å². The second kappa shape index (κ2) is 5.83. The smallest absolute Gasteiger partial charge is 0.267 e. The molecule has 0 spiro atoms. The van der Waals surface area contributed by atoms with Crippen LogP contribution in [0.2, 0.25) is 0 Å². The first-order valence-electron chi connectivity index (χ1n) is 6.72. The van der Waals surface area contributed by atoms with Crippen molar-refractivity contribution >= 4 is 11.6 Å². The fourth-order valence-corrected chi connectivity index (χ4v) is 2.01. The molecular weight excluding hydrogens is 246 g/mol. The fourth-order valence-electron chi connectivity index (χ4n) is 2.01. The Morgan fingerprint density at radius 3 is 1.70 bits per heavy atom. The minimum absolute atomic E-state index is 0.189. The summed E-state index contributed by atoms with van der Waals surface area (Å²) in [6, 6.07) is 19.0. The summed E-state index contributed by atoms with van der Waals surface area (Å²) < 4.78 is 0. The highest BCUT2D eigenvalue weighted by Crippen LogP contribution is 2.22. The van der Waals surface area contributed by atoms with Crippen LogP contribution in [0.5, 0.6) is 0 Å². The molecule has 0 aliphatic rings. The third kappa shape index (κ3) is 3.41. The zero-order valence-corrected chi connectivity index (χ0v) is 12.1. The molecular formula is C18H19NO. The second-order valence-corrected chi connectivity index (χ2v) is 5.75. The molecule has 0 heterocycles. The molecule has 0 aromatic heterocycles. The molecule has 0 N–H and O–H groups in total. The van der Waals surface area contributed by atoms with Gasteiger partial charge in [0.05, 0.1) is 5.71 Å². The molecule has 0 aliphatic carbocycles. The van der Waals surface area contributed by atoms with Gasteiger partial charge < -0.3 is 0 Å². The van der Waals surface area contributed by atoms with Gasteiger partial charge in [0.15, 0.2) is 0 Å². The number of aliphatic imine (C=N–C) groups is 1. The van der Waals surface area contributed by atoms with E-state index in [2.05, 4.69) is 25.8 Å². The summed E-state index contributed by atoms with van der Waals surface area (Å²) in [6.07, 6.45) is 0. The first kappa shape index (κ1) is 14.2. The molecule has 2 heteroatoms. The Hall–Kier alpha value is -2.22. The van der Waals surface area contributed by atoms with Crippen LogP contribution < -0.4 is 0 Å². The number of carbonyl (C=O) groups excluding carboxylic acids is 1. The topological polar surface area (TPSA) is 29.4 Å². The molecule has 2 nitrogen and oxygen atoms in total. The molecule has 0 radical (unpaired) electrons. The minimum atomic E-state index is -0.195. The average Bonchev–Trinajstić information content (AvgIpc) is 2.45. The normalized spacial score (nSPS) is 12.2. The maximum Gasteiger partial charge on any atom is 0.277 e. The first-order chi connectivity index (χ1) is 9.48.